The Balaban J connectivity index is 1.41. The highest BCUT2D eigenvalue weighted by atomic mass is 19.4. The number of piperidine rings is 1. The number of fused-ring (bicyclic) bond motifs is 1. The van der Waals surface area contributed by atoms with Crippen molar-refractivity contribution in [1.82, 2.24) is 9.88 Å². The van der Waals surface area contributed by atoms with Crippen LogP contribution in [-0.4, -0.2) is 52.8 Å². The number of ether oxygens (including phenoxy) is 1. The molecule has 4 rings (SSSR count). The van der Waals surface area contributed by atoms with Crippen LogP contribution in [0.3, 0.4) is 0 Å². The molecule has 1 fully saturated rings. The number of aromatic nitrogens is 1. The van der Waals surface area contributed by atoms with Crippen molar-refractivity contribution < 1.29 is 32.9 Å². The smallest absolute Gasteiger partial charge is 0.417 e. The number of aliphatic carboxylic acids is 1. The van der Waals surface area contributed by atoms with Crippen molar-refractivity contribution in [2.24, 2.45) is 11.8 Å². The lowest BCUT2D eigenvalue weighted by Gasteiger charge is -2.38. The first-order valence-electron chi connectivity index (χ1n) is 13.4. The maximum absolute atomic E-state index is 13.3. The minimum Gasteiger partial charge on any atom is -0.497 e. The molecule has 212 valence electrons. The number of pyridine rings is 1. The van der Waals surface area contributed by atoms with Crippen LogP contribution in [0, 0.1) is 23.7 Å². The number of alkyl halides is 3. The maximum atomic E-state index is 13.3. The molecule has 1 aromatic heterocycles. The highest BCUT2D eigenvalue weighted by Gasteiger charge is 2.33. The molecule has 0 spiro atoms. The van der Waals surface area contributed by atoms with Gasteiger partial charge in [-0.15, -0.1) is 0 Å². The summed E-state index contributed by atoms with van der Waals surface area (Å²) in [6.07, 6.45) is -0.946. The molecule has 2 heterocycles. The van der Waals surface area contributed by atoms with Gasteiger partial charge in [-0.1, -0.05) is 24.0 Å². The number of carbonyl (C=O) groups is 1. The molecular weight excluding hydrogens is 521 g/mol. The van der Waals surface area contributed by atoms with E-state index in [0.29, 0.717) is 38.2 Å². The van der Waals surface area contributed by atoms with Gasteiger partial charge in [0.1, 0.15) is 5.75 Å². The predicted octanol–water partition coefficient (Wildman–Crippen LogP) is 5.93. The zero-order chi connectivity index (χ0) is 28.7. The number of hydrogen-bond acceptors (Lipinski definition) is 5. The summed E-state index contributed by atoms with van der Waals surface area (Å²) in [5, 5.41) is 21.2. The van der Waals surface area contributed by atoms with E-state index in [4.69, 9.17) is 4.74 Å². The van der Waals surface area contributed by atoms with Crippen molar-refractivity contribution in [3.63, 3.8) is 0 Å². The average Bonchev–Trinajstić information content (AvgIpc) is 2.94. The second kappa shape index (κ2) is 13.2. The second-order valence-electron chi connectivity index (χ2n) is 10.2. The zero-order valence-electron chi connectivity index (χ0n) is 22.3. The van der Waals surface area contributed by atoms with Gasteiger partial charge in [0.05, 0.1) is 30.8 Å². The molecule has 9 heteroatoms. The fourth-order valence-corrected chi connectivity index (χ4v) is 5.49. The summed E-state index contributed by atoms with van der Waals surface area (Å²) in [6, 6.07) is 12.6. The molecule has 2 N–H and O–H groups in total. The standard InChI is InChI=1S/C31H33F3N2O4/c1-40-24-10-11-28-26(19-24)25(14-16-35-28)29(37)12-8-21-15-18-36(20-23(21)9-13-30(38)39)17-4-6-22-5-2-3-7-27(22)31(32,33)34/h2-3,5,7,10-11,14,16,19,21,23,29,37H,8-9,12-13,15,17-18,20H2,1H3,(H,38,39)/t21-,23-,29-/m1/s1. The first-order chi connectivity index (χ1) is 19.2. The SMILES string of the molecule is COc1ccc2nccc([C@H](O)CC[C@@H]3CCN(CC#Cc4ccccc4C(F)(F)F)C[C@H]3CCC(=O)O)c2c1. The summed E-state index contributed by atoms with van der Waals surface area (Å²) in [7, 11) is 1.59. The fourth-order valence-electron chi connectivity index (χ4n) is 5.49. The van der Waals surface area contributed by atoms with Crippen LogP contribution >= 0.6 is 0 Å². The molecule has 0 radical (unpaired) electrons. The Morgan fingerprint density at radius 2 is 1.98 bits per heavy atom. The molecule has 0 aliphatic carbocycles. The van der Waals surface area contributed by atoms with Crippen LogP contribution < -0.4 is 4.74 Å². The van der Waals surface area contributed by atoms with Crippen molar-refractivity contribution in [3.05, 3.63) is 71.4 Å². The number of aliphatic hydroxyl groups is 1. The first kappa shape index (κ1) is 29.4. The van der Waals surface area contributed by atoms with Gasteiger partial charge in [0.2, 0.25) is 0 Å². The number of benzene rings is 2. The number of likely N-dealkylation sites (tertiary alicyclic amines) is 1. The van der Waals surface area contributed by atoms with Gasteiger partial charge in [0.25, 0.3) is 0 Å². The van der Waals surface area contributed by atoms with E-state index in [1.807, 2.05) is 24.3 Å². The Labute approximate surface area is 231 Å². The van der Waals surface area contributed by atoms with Crippen LogP contribution in [0.1, 0.15) is 54.9 Å². The third-order valence-electron chi connectivity index (χ3n) is 7.62. The molecule has 6 nitrogen and oxygen atoms in total. The Kier molecular flexibility index (Phi) is 9.67. The summed E-state index contributed by atoms with van der Waals surface area (Å²) in [4.78, 5) is 17.8. The average molecular weight is 555 g/mol. The third kappa shape index (κ3) is 7.52. The predicted molar refractivity (Wildman–Crippen MR) is 146 cm³/mol. The summed E-state index contributed by atoms with van der Waals surface area (Å²) >= 11 is 0. The van der Waals surface area contributed by atoms with Gasteiger partial charge in [0.15, 0.2) is 0 Å². The second-order valence-corrected chi connectivity index (χ2v) is 10.2. The van der Waals surface area contributed by atoms with Crippen LogP contribution in [0.5, 0.6) is 5.75 Å². The van der Waals surface area contributed by atoms with Gasteiger partial charge in [-0.25, -0.2) is 0 Å². The first-order valence-corrected chi connectivity index (χ1v) is 13.4. The van der Waals surface area contributed by atoms with E-state index >= 15 is 0 Å². The number of nitrogens with zero attached hydrogens (tertiary/aromatic N) is 2. The van der Waals surface area contributed by atoms with Crippen molar-refractivity contribution in [2.45, 2.75) is 44.4 Å². The van der Waals surface area contributed by atoms with Crippen molar-refractivity contribution in [2.75, 3.05) is 26.7 Å². The van der Waals surface area contributed by atoms with Crippen LogP contribution in [0.2, 0.25) is 0 Å². The van der Waals surface area contributed by atoms with Crippen LogP contribution in [0.4, 0.5) is 13.2 Å². The summed E-state index contributed by atoms with van der Waals surface area (Å²) in [5.41, 5.74) is 0.740. The Hall–Kier alpha value is -3.61. The van der Waals surface area contributed by atoms with Crippen molar-refractivity contribution >= 4 is 16.9 Å². The van der Waals surface area contributed by atoms with Crippen LogP contribution in [0.25, 0.3) is 10.9 Å². The third-order valence-corrected chi connectivity index (χ3v) is 7.62. The van der Waals surface area contributed by atoms with Crippen LogP contribution in [0.15, 0.2) is 54.7 Å². The van der Waals surface area contributed by atoms with Gasteiger partial charge in [-0.2, -0.15) is 13.2 Å². The Morgan fingerprint density at radius 3 is 2.73 bits per heavy atom. The molecule has 0 saturated carbocycles. The number of halogens is 3. The van der Waals surface area contributed by atoms with Crippen LogP contribution in [-0.2, 0) is 11.0 Å². The molecule has 2 aromatic carbocycles. The molecule has 3 aromatic rings. The highest BCUT2D eigenvalue weighted by molar-refractivity contribution is 5.83. The monoisotopic (exact) mass is 554 g/mol. The quantitative estimate of drug-likeness (QED) is 0.319. The van der Waals surface area contributed by atoms with Gasteiger partial charge in [-0.05, 0) is 86.0 Å². The van der Waals surface area contributed by atoms with E-state index in [9.17, 15) is 28.2 Å². The lowest BCUT2D eigenvalue weighted by Crippen LogP contribution is -2.41. The molecule has 1 aliphatic rings. The van der Waals surface area contributed by atoms with E-state index in [1.165, 1.54) is 18.2 Å². The van der Waals surface area contributed by atoms with Gasteiger partial charge < -0.3 is 14.9 Å². The molecule has 3 atom stereocenters. The van der Waals surface area contributed by atoms with Gasteiger partial charge >= 0.3 is 12.1 Å². The molecule has 0 amide bonds. The maximum Gasteiger partial charge on any atom is 0.417 e. The summed E-state index contributed by atoms with van der Waals surface area (Å²) in [6.45, 7) is 1.62. The lowest BCUT2D eigenvalue weighted by atomic mass is 9.79. The van der Waals surface area contributed by atoms with E-state index in [2.05, 4.69) is 21.7 Å². The van der Waals surface area contributed by atoms with E-state index in [1.54, 1.807) is 13.3 Å². The number of methoxy groups -OCH3 is 1. The molecule has 40 heavy (non-hydrogen) atoms. The number of rotatable bonds is 9. The van der Waals surface area contributed by atoms with Crippen molar-refractivity contribution in [1.29, 1.82) is 0 Å². The summed E-state index contributed by atoms with van der Waals surface area (Å²) in [5.74, 6) is 5.67. The topological polar surface area (TPSA) is 82.9 Å². The molecule has 0 bridgehead atoms. The van der Waals surface area contributed by atoms with Gasteiger partial charge in [-0.3, -0.25) is 14.7 Å². The zero-order valence-corrected chi connectivity index (χ0v) is 22.3. The largest absolute Gasteiger partial charge is 0.497 e. The normalized spacial score (nSPS) is 18.6. The minimum absolute atomic E-state index is 0.0387. The Morgan fingerprint density at radius 1 is 1.18 bits per heavy atom. The fraction of sp³-hybridized carbons (Fsp3) is 0.419. The van der Waals surface area contributed by atoms with Gasteiger partial charge in [0, 0.05) is 30.1 Å². The molecular formula is C31H33F3N2O4. The number of aliphatic hydroxyl groups excluding tert-OH is 1. The molecule has 1 saturated heterocycles. The van der Waals surface area contributed by atoms with E-state index < -0.39 is 23.8 Å². The minimum atomic E-state index is -4.47. The Bertz CT molecular complexity index is 1380. The lowest BCUT2D eigenvalue weighted by molar-refractivity contribution is -0.138. The molecule has 0 unspecified atom stereocenters. The van der Waals surface area contributed by atoms with Crippen molar-refractivity contribution in [3.8, 4) is 17.6 Å². The number of hydrogen-bond donors (Lipinski definition) is 2. The molecule has 1 aliphatic heterocycles. The number of carboxylic acid groups (broad SMARTS) is 1. The van der Waals surface area contributed by atoms with E-state index in [-0.39, 0.29) is 23.8 Å². The summed E-state index contributed by atoms with van der Waals surface area (Å²) < 4.78 is 45.1. The van der Waals surface area contributed by atoms with E-state index in [0.717, 1.165) is 35.4 Å². The highest BCUT2D eigenvalue weighted by Crippen LogP contribution is 2.35. The number of carboxylic acids is 1.